The SMILES string of the molecule is CCS(=O)(=O)c1ccc(NCCCn2ccnc2)cc1. The first-order valence-corrected chi connectivity index (χ1v) is 8.29. The summed E-state index contributed by atoms with van der Waals surface area (Å²) in [6.07, 6.45) is 6.47. The van der Waals surface area contributed by atoms with E-state index in [9.17, 15) is 8.42 Å². The second-order valence-electron chi connectivity index (χ2n) is 4.51. The molecule has 20 heavy (non-hydrogen) atoms. The lowest BCUT2D eigenvalue weighted by molar-refractivity contribution is 0.597. The van der Waals surface area contributed by atoms with E-state index >= 15 is 0 Å². The van der Waals surface area contributed by atoms with Gasteiger partial charge in [-0.1, -0.05) is 6.92 Å². The summed E-state index contributed by atoms with van der Waals surface area (Å²) in [5.74, 6) is 0.130. The highest BCUT2D eigenvalue weighted by Crippen LogP contribution is 2.15. The maximum atomic E-state index is 11.7. The highest BCUT2D eigenvalue weighted by atomic mass is 32.2. The van der Waals surface area contributed by atoms with Crippen molar-refractivity contribution in [2.24, 2.45) is 0 Å². The van der Waals surface area contributed by atoms with Gasteiger partial charge in [-0.2, -0.15) is 0 Å². The largest absolute Gasteiger partial charge is 0.385 e. The van der Waals surface area contributed by atoms with Gasteiger partial charge in [0.15, 0.2) is 9.84 Å². The van der Waals surface area contributed by atoms with Gasteiger partial charge in [0.1, 0.15) is 0 Å². The Bertz CT molecular complexity index is 619. The van der Waals surface area contributed by atoms with Crippen molar-refractivity contribution in [2.75, 3.05) is 17.6 Å². The van der Waals surface area contributed by atoms with Crippen LogP contribution in [-0.4, -0.2) is 30.3 Å². The number of hydrogen-bond donors (Lipinski definition) is 1. The van der Waals surface area contributed by atoms with Gasteiger partial charge in [-0.25, -0.2) is 13.4 Å². The lowest BCUT2D eigenvalue weighted by Gasteiger charge is -2.08. The summed E-state index contributed by atoms with van der Waals surface area (Å²) in [6.45, 7) is 3.39. The average Bonchev–Trinajstić information content (AvgIpc) is 2.97. The number of aromatic nitrogens is 2. The van der Waals surface area contributed by atoms with Crippen LogP contribution in [0.25, 0.3) is 0 Å². The third-order valence-electron chi connectivity index (χ3n) is 3.07. The number of sulfone groups is 1. The zero-order valence-electron chi connectivity index (χ0n) is 11.5. The molecule has 1 heterocycles. The molecule has 2 rings (SSSR count). The second-order valence-corrected chi connectivity index (χ2v) is 6.79. The zero-order chi connectivity index (χ0) is 14.4. The fourth-order valence-corrected chi connectivity index (χ4v) is 2.74. The van der Waals surface area contributed by atoms with E-state index in [-0.39, 0.29) is 5.75 Å². The van der Waals surface area contributed by atoms with Crippen LogP contribution in [0, 0.1) is 0 Å². The molecule has 0 spiro atoms. The molecule has 0 saturated carbocycles. The molecule has 0 atom stereocenters. The summed E-state index contributed by atoms with van der Waals surface area (Å²) in [6, 6.07) is 6.91. The van der Waals surface area contributed by atoms with Gasteiger partial charge in [0, 0.05) is 31.2 Å². The van der Waals surface area contributed by atoms with E-state index in [0.717, 1.165) is 25.2 Å². The van der Waals surface area contributed by atoms with Gasteiger partial charge >= 0.3 is 0 Å². The van der Waals surface area contributed by atoms with Crippen molar-refractivity contribution < 1.29 is 8.42 Å². The van der Waals surface area contributed by atoms with Crippen molar-refractivity contribution in [1.29, 1.82) is 0 Å². The lowest BCUT2D eigenvalue weighted by atomic mass is 10.3. The van der Waals surface area contributed by atoms with Gasteiger partial charge in [-0.05, 0) is 30.7 Å². The average molecular weight is 293 g/mol. The number of nitrogens with one attached hydrogen (secondary N) is 1. The Morgan fingerprint density at radius 2 is 2.00 bits per heavy atom. The molecule has 1 N–H and O–H groups in total. The molecule has 6 heteroatoms. The summed E-state index contributed by atoms with van der Waals surface area (Å²) in [5, 5.41) is 3.28. The van der Waals surface area contributed by atoms with Crippen molar-refractivity contribution in [2.45, 2.75) is 24.8 Å². The molecule has 0 fully saturated rings. The Balaban J connectivity index is 1.82. The monoisotopic (exact) mass is 293 g/mol. The summed E-state index contributed by atoms with van der Waals surface area (Å²) < 4.78 is 25.4. The van der Waals surface area contributed by atoms with Crippen LogP contribution in [0.2, 0.25) is 0 Å². The van der Waals surface area contributed by atoms with Crippen LogP contribution in [0.3, 0.4) is 0 Å². The van der Waals surface area contributed by atoms with Gasteiger partial charge < -0.3 is 9.88 Å². The maximum absolute atomic E-state index is 11.7. The highest BCUT2D eigenvalue weighted by Gasteiger charge is 2.10. The van der Waals surface area contributed by atoms with Crippen LogP contribution in [-0.2, 0) is 16.4 Å². The van der Waals surface area contributed by atoms with E-state index < -0.39 is 9.84 Å². The quantitative estimate of drug-likeness (QED) is 0.795. The van der Waals surface area contributed by atoms with E-state index in [0.29, 0.717) is 4.90 Å². The first kappa shape index (κ1) is 14.6. The number of benzene rings is 1. The molecule has 0 amide bonds. The lowest BCUT2D eigenvalue weighted by Crippen LogP contribution is -2.07. The van der Waals surface area contributed by atoms with Crippen molar-refractivity contribution in [1.82, 2.24) is 9.55 Å². The predicted octanol–water partition coefficient (Wildman–Crippen LogP) is 2.18. The topological polar surface area (TPSA) is 64.0 Å². The minimum Gasteiger partial charge on any atom is -0.385 e. The third-order valence-corrected chi connectivity index (χ3v) is 4.83. The van der Waals surface area contributed by atoms with Crippen LogP contribution in [0.4, 0.5) is 5.69 Å². The van der Waals surface area contributed by atoms with Crippen LogP contribution >= 0.6 is 0 Å². The molecule has 108 valence electrons. The Hall–Kier alpha value is -1.82. The Morgan fingerprint density at radius 1 is 1.25 bits per heavy atom. The number of rotatable bonds is 7. The summed E-state index contributed by atoms with van der Waals surface area (Å²) in [7, 11) is -3.11. The molecular weight excluding hydrogens is 274 g/mol. The predicted molar refractivity (Wildman–Crippen MR) is 79.5 cm³/mol. The number of aryl methyl sites for hydroxylation is 1. The number of nitrogens with zero attached hydrogens (tertiary/aromatic N) is 2. The van der Waals surface area contributed by atoms with Gasteiger partial charge in [0.2, 0.25) is 0 Å². The molecule has 0 saturated heterocycles. The second kappa shape index (κ2) is 6.56. The molecule has 5 nitrogen and oxygen atoms in total. The van der Waals surface area contributed by atoms with Crippen LogP contribution in [0.15, 0.2) is 47.9 Å². The van der Waals surface area contributed by atoms with Crippen molar-refractivity contribution >= 4 is 15.5 Å². The first-order chi connectivity index (χ1) is 9.62. The summed E-state index contributed by atoms with van der Waals surface area (Å²) in [4.78, 5) is 4.36. The molecule has 1 aromatic heterocycles. The van der Waals surface area contributed by atoms with E-state index in [1.165, 1.54) is 0 Å². The molecule has 2 aromatic rings. The van der Waals surface area contributed by atoms with E-state index in [1.54, 1.807) is 43.7 Å². The Labute approximate surface area is 119 Å². The van der Waals surface area contributed by atoms with E-state index in [2.05, 4.69) is 10.3 Å². The molecule has 0 radical (unpaired) electrons. The molecule has 1 aromatic carbocycles. The van der Waals surface area contributed by atoms with Crippen molar-refractivity contribution in [3.8, 4) is 0 Å². The normalized spacial score (nSPS) is 11.4. The standard InChI is InChI=1S/C14H19N3O2S/c1-2-20(18,19)14-6-4-13(5-7-14)16-8-3-10-17-11-9-15-12-17/h4-7,9,11-12,16H,2-3,8,10H2,1H3. The fourth-order valence-electron chi connectivity index (χ4n) is 1.86. The van der Waals surface area contributed by atoms with Crippen LogP contribution < -0.4 is 5.32 Å². The maximum Gasteiger partial charge on any atom is 0.178 e. The first-order valence-electron chi connectivity index (χ1n) is 6.64. The number of anilines is 1. The molecule has 0 bridgehead atoms. The molecule has 0 aliphatic carbocycles. The minimum absolute atomic E-state index is 0.130. The Kier molecular flexibility index (Phi) is 4.79. The van der Waals surface area contributed by atoms with Crippen molar-refractivity contribution in [3.05, 3.63) is 43.0 Å². The van der Waals surface area contributed by atoms with Crippen LogP contribution in [0.5, 0.6) is 0 Å². The van der Waals surface area contributed by atoms with Gasteiger partial charge in [0.05, 0.1) is 17.0 Å². The number of imidazole rings is 1. The number of hydrogen-bond acceptors (Lipinski definition) is 4. The summed E-state index contributed by atoms with van der Waals surface area (Å²) in [5.41, 5.74) is 0.936. The van der Waals surface area contributed by atoms with Crippen molar-refractivity contribution in [3.63, 3.8) is 0 Å². The van der Waals surface area contributed by atoms with E-state index in [4.69, 9.17) is 0 Å². The fraction of sp³-hybridized carbons (Fsp3) is 0.357. The van der Waals surface area contributed by atoms with E-state index in [1.807, 2.05) is 10.8 Å². The van der Waals surface area contributed by atoms with Crippen LogP contribution in [0.1, 0.15) is 13.3 Å². The molecule has 0 aliphatic heterocycles. The summed E-state index contributed by atoms with van der Waals surface area (Å²) >= 11 is 0. The third kappa shape index (κ3) is 3.84. The zero-order valence-corrected chi connectivity index (χ0v) is 12.3. The molecule has 0 unspecified atom stereocenters. The minimum atomic E-state index is -3.11. The van der Waals surface area contributed by atoms with Gasteiger partial charge in [-0.3, -0.25) is 0 Å². The molecular formula is C14H19N3O2S. The smallest absolute Gasteiger partial charge is 0.178 e. The Morgan fingerprint density at radius 3 is 2.60 bits per heavy atom. The molecule has 0 aliphatic rings. The van der Waals surface area contributed by atoms with Gasteiger partial charge in [0.25, 0.3) is 0 Å². The van der Waals surface area contributed by atoms with Gasteiger partial charge in [-0.15, -0.1) is 0 Å². The highest BCUT2D eigenvalue weighted by molar-refractivity contribution is 7.91.